The van der Waals surface area contributed by atoms with Gasteiger partial charge in [0.2, 0.25) is 5.91 Å². The zero-order valence-corrected chi connectivity index (χ0v) is 14.9. The van der Waals surface area contributed by atoms with E-state index in [0.29, 0.717) is 11.6 Å². The molecule has 2 aromatic rings. The van der Waals surface area contributed by atoms with Gasteiger partial charge >= 0.3 is 6.03 Å². The highest BCUT2D eigenvalue weighted by molar-refractivity contribution is 5.92. The van der Waals surface area contributed by atoms with Crippen LogP contribution in [-0.4, -0.2) is 36.5 Å². The van der Waals surface area contributed by atoms with E-state index >= 15 is 0 Å². The molecule has 0 atom stereocenters. The summed E-state index contributed by atoms with van der Waals surface area (Å²) in [6, 6.07) is 19.3. The number of hydrogen-bond acceptors (Lipinski definition) is 2. The van der Waals surface area contributed by atoms with Gasteiger partial charge in [0.25, 0.3) is 0 Å². The zero-order valence-electron chi connectivity index (χ0n) is 14.9. The van der Waals surface area contributed by atoms with Crippen LogP contribution in [0, 0.1) is 5.92 Å². The molecule has 1 fully saturated rings. The highest BCUT2D eigenvalue weighted by atomic mass is 16.2. The molecule has 3 rings (SSSR count). The number of likely N-dealkylation sites (tertiary alicyclic amines) is 1. The first-order valence-corrected chi connectivity index (χ1v) is 9.12. The van der Waals surface area contributed by atoms with Crippen molar-refractivity contribution in [1.82, 2.24) is 10.2 Å². The van der Waals surface area contributed by atoms with E-state index in [1.165, 1.54) is 5.56 Å². The minimum absolute atomic E-state index is 0.0219. The minimum atomic E-state index is -0.358. The van der Waals surface area contributed by atoms with Crippen molar-refractivity contribution < 1.29 is 9.59 Å². The largest absolute Gasteiger partial charge is 0.341 e. The number of carbonyl (C=O) groups is 2. The van der Waals surface area contributed by atoms with Gasteiger partial charge in [0.1, 0.15) is 0 Å². The lowest BCUT2D eigenvalue weighted by molar-refractivity contribution is -0.131. The summed E-state index contributed by atoms with van der Waals surface area (Å²) in [5.74, 6) is 0.599. The Morgan fingerprint density at radius 1 is 0.923 bits per heavy atom. The molecule has 5 nitrogen and oxygen atoms in total. The third kappa shape index (κ3) is 5.34. The van der Waals surface area contributed by atoms with Gasteiger partial charge in [-0.25, -0.2) is 4.79 Å². The Balaban J connectivity index is 1.37. The van der Waals surface area contributed by atoms with Crippen LogP contribution in [0.4, 0.5) is 10.5 Å². The molecular formula is C21H25N3O2. The second-order valence-corrected chi connectivity index (χ2v) is 6.69. The van der Waals surface area contributed by atoms with Gasteiger partial charge in [-0.15, -0.1) is 0 Å². The lowest BCUT2D eigenvalue weighted by atomic mass is 9.90. The number of benzene rings is 2. The summed E-state index contributed by atoms with van der Waals surface area (Å²) in [6.07, 6.45) is 3.09. The maximum Gasteiger partial charge on any atom is 0.319 e. The van der Waals surface area contributed by atoms with Crippen LogP contribution in [0.25, 0.3) is 0 Å². The molecule has 2 N–H and O–H groups in total. The molecule has 1 saturated heterocycles. The summed E-state index contributed by atoms with van der Waals surface area (Å²) in [5, 5.41) is 5.35. The Morgan fingerprint density at radius 2 is 1.54 bits per heavy atom. The zero-order chi connectivity index (χ0) is 18.2. The first-order valence-electron chi connectivity index (χ1n) is 9.12. The summed E-state index contributed by atoms with van der Waals surface area (Å²) >= 11 is 0. The van der Waals surface area contributed by atoms with Crippen molar-refractivity contribution in [2.75, 3.05) is 25.0 Å². The molecular weight excluding hydrogens is 326 g/mol. The Morgan fingerprint density at radius 3 is 2.19 bits per heavy atom. The number of carbonyl (C=O) groups excluding carboxylic acids is 2. The van der Waals surface area contributed by atoms with Crippen molar-refractivity contribution in [2.45, 2.75) is 19.3 Å². The number of piperidine rings is 1. The van der Waals surface area contributed by atoms with Gasteiger partial charge in [-0.2, -0.15) is 0 Å². The average Bonchev–Trinajstić information content (AvgIpc) is 2.68. The predicted molar refractivity (Wildman–Crippen MR) is 103 cm³/mol. The smallest absolute Gasteiger partial charge is 0.319 e. The summed E-state index contributed by atoms with van der Waals surface area (Å²) in [7, 11) is 0. The number of amides is 3. The highest BCUT2D eigenvalue weighted by Gasteiger charge is 2.23. The third-order valence-electron chi connectivity index (χ3n) is 4.77. The van der Waals surface area contributed by atoms with Crippen molar-refractivity contribution in [3.8, 4) is 0 Å². The number of urea groups is 1. The molecule has 0 saturated carbocycles. The van der Waals surface area contributed by atoms with E-state index in [4.69, 9.17) is 0 Å². The van der Waals surface area contributed by atoms with Crippen LogP contribution in [0.5, 0.6) is 0 Å². The van der Waals surface area contributed by atoms with Crippen LogP contribution in [0.2, 0.25) is 0 Å². The number of hydrogen-bond donors (Lipinski definition) is 2. The molecule has 3 amide bonds. The fraction of sp³-hybridized carbons (Fsp3) is 0.333. The van der Waals surface area contributed by atoms with Gasteiger partial charge in [0.05, 0.1) is 6.54 Å². The van der Waals surface area contributed by atoms with Crippen LogP contribution in [-0.2, 0) is 11.2 Å². The standard InChI is InChI=1S/C21H25N3O2/c25-20(16-22-21(26)23-19-9-5-2-6-10-19)24-13-11-18(12-14-24)15-17-7-3-1-4-8-17/h1-10,18H,11-16H2,(H2,22,23,26). The molecule has 0 bridgehead atoms. The summed E-state index contributed by atoms with van der Waals surface area (Å²) in [4.78, 5) is 26.0. The summed E-state index contributed by atoms with van der Waals surface area (Å²) < 4.78 is 0. The predicted octanol–water partition coefficient (Wildman–Crippen LogP) is 3.29. The van der Waals surface area contributed by atoms with Gasteiger partial charge < -0.3 is 15.5 Å². The summed E-state index contributed by atoms with van der Waals surface area (Å²) in [6.45, 7) is 1.55. The lowest BCUT2D eigenvalue weighted by Crippen LogP contribution is -2.45. The number of anilines is 1. The first-order chi connectivity index (χ1) is 12.7. The Kier molecular flexibility index (Phi) is 6.25. The van der Waals surface area contributed by atoms with Gasteiger partial charge in [-0.1, -0.05) is 48.5 Å². The molecule has 136 valence electrons. The van der Waals surface area contributed by atoms with E-state index in [0.717, 1.165) is 32.4 Å². The molecule has 26 heavy (non-hydrogen) atoms. The normalized spacial score (nSPS) is 14.7. The molecule has 5 heteroatoms. The van der Waals surface area contributed by atoms with E-state index in [9.17, 15) is 9.59 Å². The minimum Gasteiger partial charge on any atom is -0.341 e. The monoisotopic (exact) mass is 351 g/mol. The van der Waals surface area contributed by atoms with Crippen molar-refractivity contribution >= 4 is 17.6 Å². The molecule has 2 aromatic carbocycles. The summed E-state index contributed by atoms with van der Waals surface area (Å²) in [5.41, 5.74) is 2.07. The van der Waals surface area contributed by atoms with Crippen LogP contribution in [0.1, 0.15) is 18.4 Å². The molecule has 1 aliphatic rings. The van der Waals surface area contributed by atoms with E-state index in [1.807, 2.05) is 29.2 Å². The first kappa shape index (κ1) is 18.0. The molecule has 1 heterocycles. The lowest BCUT2D eigenvalue weighted by Gasteiger charge is -2.32. The van der Waals surface area contributed by atoms with Gasteiger partial charge in [0.15, 0.2) is 0 Å². The number of rotatable bonds is 5. The Bertz CT molecular complexity index is 711. The van der Waals surface area contributed by atoms with Crippen LogP contribution >= 0.6 is 0 Å². The fourth-order valence-electron chi connectivity index (χ4n) is 3.30. The van der Waals surface area contributed by atoms with E-state index < -0.39 is 0 Å². The van der Waals surface area contributed by atoms with E-state index in [1.54, 1.807) is 12.1 Å². The highest BCUT2D eigenvalue weighted by Crippen LogP contribution is 2.21. The van der Waals surface area contributed by atoms with Crippen molar-refractivity contribution in [3.63, 3.8) is 0 Å². The van der Waals surface area contributed by atoms with Crippen molar-refractivity contribution in [3.05, 3.63) is 66.2 Å². The van der Waals surface area contributed by atoms with Gasteiger partial charge in [-0.3, -0.25) is 4.79 Å². The number of para-hydroxylation sites is 1. The van der Waals surface area contributed by atoms with Gasteiger partial charge in [-0.05, 0) is 42.9 Å². The second kappa shape index (κ2) is 9.04. The van der Waals surface area contributed by atoms with E-state index in [-0.39, 0.29) is 18.5 Å². The molecule has 0 aromatic heterocycles. The molecule has 0 aliphatic carbocycles. The topological polar surface area (TPSA) is 61.4 Å². The Hall–Kier alpha value is -2.82. The average molecular weight is 351 g/mol. The Labute approximate surface area is 154 Å². The maximum atomic E-state index is 12.3. The quantitative estimate of drug-likeness (QED) is 0.868. The van der Waals surface area contributed by atoms with Crippen LogP contribution < -0.4 is 10.6 Å². The molecule has 0 radical (unpaired) electrons. The number of nitrogens with one attached hydrogen (secondary N) is 2. The molecule has 1 aliphatic heterocycles. The second-order valence-electron chi connectivity index (χ2n) is 6.69. The molecule has 0 unspecified atom stereocenters. The van der Waals surface area contributed by atoms with Crippen LogP contribution in [0.15, 0.2) is 60.7 Å². The van der Waals surface area contributed by atoms with Crippen molar-refractivity contribution in [1.29, 1.82) is 0 Å². The molecule has 0 spiro atoms. The third-order valence-corrected chi connectivity index (χ3v) is 4.77. The maximum absolute atomic E-state index is 12.3. The number of nitrogens with zero attached hydrogens (tertiary/aromatic N) is 1. The van der Waals surface area contributed by atoms with E-state index in [2.05, 4.69) is 34.9 Å². The van der Waals surface area contributed by atoms with Gasteiger partial charge in [0, 0.05) is 18.8 Å². The van der Waals surface area contributed by atoms with Crippen LogP contribution in [0.3, 0.4) is 0 Å². The fourth-order valence-corrected chi connectivity index (χ4v) is 3.30. The SMILES string of the molecule is O=C(NCC(=O)N1CCC(Cc2ccccc2)CC1)Nc1ccccc1. The van der Waals surface area contributed by atoms with Crippen molar-refractivity contribution in [2.24, 2.45) is 5.92 Å².